The van der Waals surface area contributed by atoms with Crippen molar-refractivity contribution in [2.45, 2.75) is 26.7 Å². The number of nitrogens with one attached hydrogen (secondary N) is 2. The van der Waals surface area contributed by atoms with Gasteiger partial charge >= 0.3 is 11.3 Å². The number of ether oxygens (including phenoxy) is 2. The third-order valence-corrected chi connectivity index (χ3v) is 3.38. The lowest BCUT2D eigenvalue weighted by molar-refractivity contribution is -0.148. The number of carbonyl (C=O) groups excluding carboxylic acids is 3. The van der Waals surface area contributed by atoms with Gasteiger partial charge in [-0.2, -0.15) is 0 Å². The van der Waals surface area contributed by atoms with E-state index in [9.17, 15) is 14.4 Å². The molecule has 24 heavy (non-hydrogen) atoms. The predicted octanol–water partition coefficient (Wildman–Crippen LogP) is 2.95. The molecule has 1 aromatic carbocycles. The summed E-state index contributed by atoms with van der Waals surface area (Å²) in [5.74, 6) is -2.60. The maximum atomic E-state index is 12.2. The van der Waals surface area contributed by atoms with E-state index in [0.717, 1.165) is 0 Å². The van der Waals surface area contributed by atoms with E-state index in [0.29, 0.717) is 24.1 Å². The van der Waals surface area contributed by atoms with Crippen LogP contribution >= 0.6 is 11.9 Å². The van der Waals surface area contributed by atoms with Gasteiger partial charge in [0.1, 0.15) is 5.75 Å². The van der Waals surface area contributed by atoms with Gasteiger partial charge in [-0.25, -0.2) is 4.79 Å². The van der Waals surface area contributed by atoms with Gasteiger partial charge in [-0.1, -0.05) is 31.5 Å². The molecule has 0 fully saturated rings. The summed E-state index contributed by atoms with van der Waals surface area (Å²) in [5, 5.41) is 7.11. The van der Waals surface area contributed by atoms with Crippen LogP contribution in [-0.4, -0.2) is 29.5 Å². The Morgan fingerprint density at radius 3 is 2.46 bits per heavy atom. The number of esters is 1. The van der Waals surface area contributed by atoms with E-state index in [1.165, 1.54) is 0 Å². The quantitative estimate of drug-likeness (QED) is 0.338. The van der Waals surface area contributed by atoms with Crippen molar-refractivity contribution in [2.75, 3.05) is 6.61 Å². The number of hydrogen-bond donors (Lipinski definition) is 2. The molecule has 1 unspecified atom stereocenters. The molecule has 0 aliphatic rings. The third kappa shape index (κ3) is 6.41. The van der Waals surface area contributed by atoms with Gasteiger partial charge in [-0.3, -0.25) is 14.3 Å². The van der Waals surface area contributed by atoms with Gasteiger partial charge in [0.2, 0.25) is 5.91 Å². The third-order valence-electron chi connectivity index (χ3n) is 2.83. The first-order valence-electron chi connectivity index (χ1n) is 7.47. The van der Waals surface area contributed by atoms with Crippen LogP contribution < -0.4 is 9.46 Å². The van der Waals surface area contributed by atoms with Gasteiger partial charge in [0.25, 0.3) is 0 Å². The molecule has 0 saturated heterocycles. The zero-order valence-electron chi connectivity index (χ0n) is 13.5. The minimum absolute atomic E-state index is 0.0505. The summed E-state index contributed by atoms with van der Waals surface area (Å²) < 4.78 is 12.1. The molecular weight excluding hydrogens is 332 g/mol. The molecule has 0 aromatic heterocycles. The molecule has 0 saturated carbocycles. The first-order chi connectivity index (χ1) is 11.5. The van der Waals surface area contributed by atoms with Crippen molar-refractivity contribution in [3.05, 3.63) is 30.3 Å². The monoisotopic (exact) mass is 352 g/mol. The summed E-state index contributed by atoms with van der Waals surface area (Å²) in [6, 6.07) is 8.37. The topological polar surface area (TPSA) is 106 Å². The summed E-state index contributed by atoms with van der Waals surface area (Å²) >= 11 is 0.414. The number of para-hydroxylation sites is 1. The van der Waals surface area contributed by atoms with Gasteiger partial charge < -0.3 is 14.9 Å². The molecule has 0 aliphatic heterocycles. The standard InChI is InChI=1S/C16H20N2O5S/c1-3-8-12(17)13(15(20)22-4-2)14(19)18-24-16(21)23-11-9-6-5-7-10-11/h5-7,9-10,13,17H,3-4,8H2,1-2H3,(H,18,19). The Kier molecular flexibility index (Phi) is 8.56. The van der Waals surface area contributed by atoms with Crippen LogP contribution in [0.15, 0.2) is 30.3 Å². The Balaban J connectivity index is 2.62. The normalized spacial score (nSPS) is 11.2. The molecule has 0 heterocycles. The van der Waals surface area contributed by atoms with E-state index in [-0.39, 0.29) is 18.7 Å². The summed E-state index contributed by atoms with van der Waals surface area (Å²) in [7, 11) is 0. The zero-order chi connectivity index (χ0) is 17.9. The highest BCUT2D eigenvalue weighted by atomic mass is 32.2. The fraction of sp³-hybridized carbons (Fsp3) is 0.375. The van der Waals surface area contributed by atoms with Crippen LogP contribution in [0.5, 0.6) is 5.75 Å². The molecule has 0 bridgehead atoms. The summed E-state index contributed by atoms with van der Waals surface area (Å²) in [6.07, 6.45) is 0.904. The average Bonchev–Trinajstić information content (AvgIpc) is 2.54. The molecular formula is C16H20N2O5S. The molecule has 1 rings (SSSR count). The van der Waals surface area contributed by atoms with Crippen molar-refractivity contribution in [1.29, 1.82) is 5.41 Å². The van der Waals surface area contributed by atoms with E-state index in [1.807, 2.05) is 6.92 Å². The van der Waals surface area contributed by atoms with Crippen molar-refractivity contribution in [1.82, 2.24) is 4.72 Å². The fourth-order valence-electron chi connectivity index (χ4n) is 1.80. The lowest BCUT2D eigenvalue weighted by Crippen LogP contribution is -2.39. The van der Waals surface area contributed by atoms with Crippen molar-refractivity contribution in [2.24, 2.45) is 5.92 Å². The second-order valence-corrected chi connectivity index (χ2v) is 5.44. The van der Waals surface area contributed by atoms with Crippen molar-refractivity contribution >= 4 is 34.8 Å². The Morgan fingerprint density at radius 2 is 1.88 bits per heavy atom. The Bertz CT molecular complexity index is 573. The van der Waals surface area contributed by atoms with Crippen LogP contribution in [0.4, 0.5) is 4.79 Å². The molecule has 7 nitrogen and oxygen atoms in total. The lowest BCUT2D eigenvalue weighted by atomic mass is 9.99. The van der Waals surface area contributed by atoms with Crippen molar-refractivity contribution in [3.8, 4) is 5.75 Å². The molecule has 1 amide bonds. The number of rotatable bonds is 7. The first-order valence-corrected chi connectivity index (χ1v) is 8.28. The smallest absolute Gasteiger partial charge is 0.393 e. The van der Waals surface area contributed by atoms with Gasteiger partial charge in [0.05, 0.1) is 18.6 Å². The Labute approximate surface area is 144 Å². The lowest BCUT2D eigenvalue weighted by Gasteiger charge is -2.15. The van der Waals surface area contributed by atoms with Gasteiger partial charge in [-0.15, -0.1) is 0 Å². The fourth-order valence-corrected chi connectivity index (χ4v) is 2.24. The Hall–Kier alpha value is -2.35. The SMILES string of the molecule is CCCC(=N)C(C(=O)NSC(=O)Oc1ccccc1)C(=O)OCC. The highest BCUT2D eigenvalue weighted by molar-refractivity contribution is 8.12. The molecule has 0 radical (unpaired) electrons. The maximum absolute atomic E-state index is 12.2. The van der Waals surface area contributed by atoms with Crippen LogP contribution in [-0.2, 0) is 14.3 Å². The van der Waals surface area contributed by atoms with Crippen LogP contribution in [0.2, 0.25) is 0 Å². The first kappa shape index (κ1) is 19.7. The molecule has 0 aliphatic carbocycles. The van der Waals surface area contributed by atoms with Crippen molar-refractivity contribution in [3.63, 3.8) is 0 Å². The predicted molar refractivity (Wildman–Crippen MR) is 91.0 cm³/mol. The summed E-state index contributed by atoms with van der Waals surface area (Å²) in [5.41, 5.74) is -0.0505. The highest BCUT2D eigenvalue weighted by Gasteiger charge is 2.32. The summed E-state index contributed by atoms with van der Waals surface area (Å²) in [4.78, 5) is 35.7. The van der Waals surface area contributed by atoms with Gasteiger partial charge in [0, 0.05) is 5.71 Å². The molecule has 1 aromatic rings. The van der Waals surface area contributed by atoms with Crippen molar-refractivity contribution < 1.29 is 23.9 Å². The van der Waals surface area contributed by atoms with Crippen LogP contribution in [0.3, 0.4) is 0 Å². The maximum Gasteiger partial charge on any atom is 0.393 e. The summed E-state index contributed by atoms with van der Waals surface area (Å²) in [6.45, 7) is 3.55. The van der Waals surface area contributed by atoms with E-state index < -0.39 is 23.1 Å². The second kappa shape index (κ2) is 10.4. The zero-order valence-corrected chi connectivity index (χ0v) is 14.4. The van der Waals surface area contributed by atoms with Gasteiger partial charge in [0.15, 0.2) is 5.92 Å². The molecule has 0 spiro atoms. The average molecular weight is 352 g/mol. The number of hydrogen-bond acceptors (Lipinski definition) is 7. The molecule has 8 heteroatoms. The van der Waals surface area contributed by atoms with Crippen LogP contribution in [0.1, 0.15) is 26.7 Å². The molecule has 130 valence electrons. The number of carbonyl (C=O) groups is 3. The molecule has 2 N–H and O–H groups in total. The van der Waals surface area contributed by atoms with E-state index in [2.05, 4.69) is 4.72 Å². The van der Waals surface area contributed by atoms with E-state index in [4.69, 9.17) is 14.9 Å². The van der Waals surface area contributed by atoms with E-state index in [1.54, 1.807) is 37.3 Å². The minimum Gasteiger partial charge on any atom is -0.465 e. The molecule has 1 atom stereocenters. The van der Waals surface area contributed by atoms with E-state index >= 15 is 0 Å². The Morgan fingerprint density at radius 1 is 1.21 bits per heavy atom. The van der Waals surface area contributed by atoms with Crippen LogP contribution in [0.25, 0.3) is 0 Å². The minimum atomic E-state index is -1.36. The van der Waals surface area contributed by atoms with Crippen LogP contribution in [0, 0.1) is 11.3 Å². The van der Waals surface area contributed by atoms with Gasteiger partial charge in [-0.05, 0) is 25.5 Å². The second-order valence-electron chi connectivity index (χ2n) is 4.69. The highest BCUT2D eigenvalue weighted by Crippen LogP contribution is 2.14. The number of amides is 1. The number of benzene rings is 1. The largest absolute Gasteiger partial charge is 0.465 e.